The SMILES string of the molecule is CCNC(=O)C(CC(C)C)NC(=O)c1ccc(Cl)cc1Cl. The fourth-order valence-electron chi connectivity index (χ4n) is 1.91. The minimum atomic E-state index is -0.579. The average Bonchev–Trinajstić information content (AvgIpc) is 2.37. The van der Waals surface area contributed by atoms with Crippen LogP contribution in [0.3, 0.4) is 0 Å². The van der Waals surface area contributed by atoms with E-state index >= 15 is 0 Å². The number of rotatable bonds is 6. The van der Waals surface area contributed by atoms with Gasteiger partial charge in [-0.05, 0) is 37.5 Å². The van der Waals surface area contributed by atoms with Crippen molar-refractivity contribution in [3.05, 3.63) is 33.8 Å². The summed E-state index contributed by atoms with van der Waals surface area (Å²) in [6, 6.07) is 4.06. The highest BCUT2D eigenvalue weighted by Gasteiger charge is 2.22. The molecule has 116 valence electrons. The lowest BCUT2D eigenvalue weighted by Gasteiger charge is -2.20. The molecule has 0 aromatic heterocycles. The topological polar surface area (TPSA) is 58.2 Å². The second-order valence-electron chi connectivity index (χ2n) is 5.17. The normalized spacial score (nSPS) is 12.1. The van der Waals surface area contributed by atoms with Crippen molar-refractivity contribution in [2.24, 2.45) is 5.92 Å². The quantitative estimate of drug-likeness (QED) is 0.840. The van der Waals surface area contributed by atoms with Crippen LogP contribution in [0.4, 0.5) is 0 Å². The van der Waals surface area contributed by atoms with Crippen molar-refractivity contribution >= 4 is 35.0 Å². The summed E-state index contributed by atoms with van der Waals surface area (Å²) in [5.74, 6) is -0.295. The van der Waals surface area contributed by atoms with E-state index in [-0.39, 0.29) is 22.8 Å². The van der Waals surface area contributed by atoms with E-state index in [2.05, 4.69) is 10.6 Å². The van der Waals surface area contributed by atoms with Gasteiger partial charge in [0.1, 0.15) is 6.04 Å². The van der Waals surface area contributed by atoms with Crippen molar-refractivity contribution in [2.45, 2.75) is 33.2 Å². The standard InChI is InChI=1S/C15H20Cl2N2O2/c1-4-18-15(21)13(7-9(2)3)19-14(20)11-6-5-10(16)8-12(11)17/h5-6,8-9,13H,4,7H2,1-3H3,(H,18,21)(H,19,20). The molecule has 0 spiro atoms. The number of halogens is 2. The van der Waals surface area contributed by atoms with E-state index in [1.807, 2.05) is 20.8 Å². The molecular weight excluding hydrogens is 311 g/mol. The monoisotopic (exact) mass is 330 g/mol. The molecule has 2 amide bonds. The van der Waals surface area contributed by atoms with Gasteiger partial charge in [-0.25, -0.2) is 0 Å². The molecule has 2 N–H and O–H groups in total. The first-order valence-corrected chi connectivity index (χ1v) is 7.64. The van der Waals surface area contributed by atoms with Gasteiger partial charge in [-0.2, -0.15) is 0 Å². The number of hydrogen-bond donors (Lipinski definition) is 2. The lowest BCUT2D eigenvalue weighted by atomic mass is 10.0. The third-order valence-corrected chi connectivity index (χ3v) is 3.40. The Bertz CT molecular complexity index is 518. The molecule has 1 rings (SSSR count). The van der Waals surface area contributed by atoms with Crippen LogP contribution < -0.4 is 10.6 Å². The zero-order valence-corrected chi connectivity index (χ0v) is 13.9. The van der Waals surface area contributed by atoms with Gasteiger partial charge >= 0.3 is 0 Å². The smallest absolute Gasteiger partial charge is 0.253 e. The van der Waals surface area contributed by atoms with Gasteiger partial charge < -0.3 is 10.6 Å². The summed E-state index contributed by atoms with van der Waals surface area (Å²) in [7, 11) is 0. The van der Waals surface area contributed by atoms with Gasteiger partial charge in [-0.3, -0.25) is 9.59 Å². The number of amides is 2. The Morgan fingerprint density at radius 2 is 1.90 bits per heavy atom. The fourth-order valence-corrected chi connectivity index (χ4v) is 2.40. The summed E-state index contributed by atoms with van der Waals surface area (Å²) in [5, 5.41) is 6.18. The minimum absolute atomic E-state index is 0.190. The maximum atomic E-state index is 12.3. The Morgan fingerprint density at radius 1 is 1.24 bits per heavy atom. The molecule has 1 unspecified atom stereocenters. The number of carbonyl (C=O) groups excluding carboxylic acids is 2. The molecule has 4 nitrogen and oxygen atoms in total. The Morgan fingerprint density at radius 3 is 2.43 bits per heavy atom. The van der Waals surface area contributed by atoms with Gasteiger partial charge in [0.15, 0.2) is 0 Å². The zero-order valence-electron chi connectivity index (χ0n) is 12.4. The van der Waals surface area contributed by atoms with Crippen molar-refractivity contribution in [3.63, 3.8) is 0 Å². The predicted molar refractivity (Wildman–Crippen MR) is 85.9 cm³/mol. The summed E-state index contributed by atoms with van der Waals surface area (Å²) in [6.07, 6.45) is 0.558. The molecule has 1 aromatic carbocycles. The van der Waals surface area contributed by atoms with Gasteiger partial charge in [-0.15, -0.1) is 0 Å². The summed E-state index contributed by atoms with van der Waals surface area (Å²) >= 11 is 11.8. The van der Waals surface area contributed by atoms with E-state index in [4.69, 9.17) is 23.2 Å². The number of hydrogen-bond acceptors (Lipinski definition) is 2. The van der Waals surface area contributed by atoms with Gasteiger partial charge in [-0.1, -0.05) is 37.0 Å². The maximum absolute atomic E-state index is 12.3. The number of nitrogens with one attached hydrogen (secondary N) is 2. The van der Waals surface area contributed by atoms with Crippen molar-refractivity contribution in [1.82, 2.24) is 10.6 Å². The molecule has 1 aromatic rings. The van der Waals surface area contributed by atoms with Crippen LogP contribution in [0, 0.1) is 5.92 Å². The molecule has 0 fully saturated rings. The van der Waals surface area contributed by atoms with E-state index in [0.717, 1.165) is 0 Å². The third kappa shape index (κ3) is 5.56. The number of carbonyl (C=O) groups is 2. The molecule has 6 heteroatoms. The molecule has 0 aliphatic heterocycles. The summed E-state index contributed by atoms with van der Waals surface area (Å²) < 4.78 is 0. The molecule has 0 saturated carbocycles. The van der Waals surface area contributed by atoms with E-state index < -0.39 is 6.04 Å². The molecule has 0 radical (unpaired) electrons. The second-order valence-corrected chi connectivity index (χ2v) is 6.02. The van der Waals surface area contributed by atoms with Crippen LogP contribution in [-0.2, 0) is 4.79 Å². The lowest BCUT2D eigenvalue weighted by Crippen LogP contribution is -2.47. The third-order valence-electron chi connectivity index (χ3n) is 2.86. The van der Waals surface area contributed by atoms with Crippen LogP contribution >= 0.6 is 23.2 Å². The average molecular weight is 331 g/mol. The van der Waals surface area contributed by atoms with Crippen LogP contribution in [-0.4, -0.2) is 24.4 Å². The highest BCUT2D eigenvalue weighted by Crippen LogP contribution is 2.21. The predicted octanol–water partition coefficient (Wildman–Crippen LogP) is 3.27. The van der Waals surface area contributed by atoms with Crippen LogP contribution in [0.15, 0.2) is 18.2 Å². The molecule has 0 aliphatic carbocycles. The Kier molecular flexibility index (Phi) is 6.99. The van der Waals surface area contributed by atoms with Gasteiger partial charge in [0.25, 0.3) is 5.91 Å². The Balaban J connectivity index is 2.86. The molecule has 0 saturated heterocycles. The van der Waals surface area contributed by atoms with Gasteiger partial charge in [0.2, 0.25) is 5.91 Å². The van der Waals surface area contributed by atoms with Crippen LogP contribution in [0.1, 0.15) is 37.6 Å². The van der Waals surface area contributed by atoms with E-state index in [9.17, 15) is 9.59 Å². The molecule has 21 heavy (non-hydrogen) atoms. The molecule has 0 heterocycles. The van der Waals surface area contributed by atoms with E-state index in [1.165, 1.54) is 6.07 Å². The Hall–Kier alpha value is -1.26. The van der Waals surface area contributed by atoms with Crippen molar-refractivity contribution < 1.29 is 9.59 Å². The first kappa shape index (κ1) is 17.8. The summed E-state index contributed by atoms with van der Waals surface area (Å²) in [5.41, 5.74) is 0.305. The van der Waals surface area contributed by atoms with E-state index in [1.54, 1.807) is 12.1 Å². The van der Waals surface area contributed by atoms with Crippen molar-refractivity contribution in [2.75, 3.05) is 6.54 Å². The van der Waals surface area contributed by atoms with Crippen molar-refractivity contribution in [1.29, 1.82) is 0 Å². The van der Waals surface area contributed by atoms with Crippen LogP contribution in [0.5, 0.6) is 0 Å². The van der Waals surface area contributed by atoms with Gasteiger partial charge in [0, 0.05) is 11.6 Å². The minimum Gasteiger partial charge on any atom is -0.355 e. The molecule has 0 aliphatic rings. The highest BCUT2D eigenvalue weighted by molar-refractivity contribution is 6.36. The lowest BCUT2D eigenvalue weighted by molar-refractivity contribution is -0.123. The summed E-state index contributed by atoms with van der Waals surface area (Å²) in [6.45, 7) is 6.34. The van der Waals surface area contributed by atoms with Crippen molar-refractivity contribution in [3.8, 4) is 0 Å². The largest absolute Gasteiger partial charge is 0.355 e. The van der Waals surface area contributed by atoms with E-state index in [0.29, 0.717) is 23.6 Å². The van der Waals surface area contributed by atoms with Gasteiger partial charge in [0.05, 0.1) is 10.6 Å². The Labute approximate surface area is 135 Å². The summed E-state index contributed by atoms with van der Waals surface area (Å²) in [4.78, 5) is 24.3. The van der Waals surface area contributed by atoms with Crippen LogP contribution in [0.2, 0.25) is 10.0 Å². The second kappa shape index (κ2) is 8.25. The first-order chi connectivity index (χ1) is 9.85. The van der Waals surface area contributed by atoms with Crippen LogP contribution in [0.25, 0.3) is 0 Å². The fraction of sp³-hybridized carbons (Fsp3) is 0.467. The molecular formula is C15H20Cl2N2O2. The first-order valence-electron chi connectivity index (χ1n) is 6.88. The molecule has 0 bridgehead atoms. The highest BCUT2D eigenvalue weighted by atomic mass is 35.5. The maximum Gasteiger partial charge on any atom is 0.253 e. The molecule has 1 atom stereocenters. The number of benzene rings is 1. The zero-order chi connectivity index (χ0) is 16.0. The number of likely N-dealkylation sites (N-methyl/N-ethyl adjacent to an activating group) is 1.